The van der Waals surface area contributed by atoms with E-state index in [0.29, 0.717) is 0 Å². The van der Waals surface area contributed by atoms with Crippen LogP contribution in [-0.2, 0) is 0 Å². The van der Waals surface area contributed by atoms with Gasteiger partial charge in [0.25, 0.3) is 0 Å². The van der Waals surface area contributed by atoms with E-state index in [-0.39, 0.29) is 0 Å². The number of furan rings is 1. The number of hydrogen-bond acceptors (Lipinski definition) is 1. The van der Waals surface area contributed by atoms with Gasteiger partial charge in [-0.2, -0.15) is 0 Å². The van der Waals surface area contributed by atoms with Gasteiger partial charge in [-0.15, -0.1) is 49.2 Å². The molecule has 0 saturated carbocycles. The second kappa shape index (κ2) is 19.3. The molecule has 10 rings (SSSR count). The molecule has 0 fully saturated rings. The lowest BCUT2D eigenvalue weighted by atomic mass is 9.55. The molecule has 0 aliphatic heterocycles. The molecule has 10 aromatic rings. The van der Waals surface area contributed by atoms with E-state index in [1.54, 1.807) is 0 Å². The minimum Gasteiger partial charge on any atom is -0.457 e. The fourth-order valence-corrected chi connectivity index (χ4v) is 15.5. The minimum atomic E-state index is 1.03. The molecule has 1 heterocycles. The van der Waals surface area contributed by atoms with E-state index in [1.165, 1.54) is 246 Å². The molecule has 0 aliphatic rings. The van der Waals surface area contributed by atoms with Gasteiger partial charge in [0.15, 0.2) is 0 Å². The summed E-state index contributed by atoms with van der Waals surface area (Å²) in [5.74, 6) is 0. The normalized spacial score (nSPS) is 11.8. The zero-order chi connectivity index (χ0) is 57.5. The number of benzene rings is 9. The Kier molecular flexibility index (Phi) is 14.0. The van der Waals surface area contributed by atoms with Crippen LogP contribution in [0.2, 0.25) is 0 Å². The predicted octanol–water partition coefficient (Wildman–Crippen LogP) is -36.8. The third-order valence-electron chi connectivity index (χ3n) is 22.3. The summed E-state index contributed by atoms with van der Waals surface area (Å²) >= 11 is 0. The Morgan fingerprint density at radius 2 is 0.423 bits per heavy atom. The van der Waals surface area contributed by atoms with Gasteiger partial charge in [-0.3, -0.25) is 0 Å². The van der Waals surface area contributed by atoms with Gasteiger partial charge < -0.3 is 4.42 Å². The summed E-state index contributed by atoms with van der Waals surface area (Å²) in [5.41, 5.74) is 52.7. The zero-order valence-electron chi connectivity index (χ0n) is 53.5. The first-order valence-corrected chi connectivity index (χ1v) is 29.0. The van der Waals surface area contributed by atoms with Gasteiger partial charge in [0.1, 0.15) is 239 Å². The molecular weight excluding hydrogens is 906 g/mol. The standard InChI is InChI=1S/C48H59B29O/c49-3-1-2(4-21(52)36(67)44(75)37(68)22(4)53)19(50)23(54)5(3)6-8-10(26(57)40(71)38(69)24(8)55)7(11-9(6)25(56)39(70)41(72)27(11)58)14-29(60)31(62)17(32(63)30(14)61)16-20(51)18-13-12-15(33(64)43(74)42(73)28(12)59)34(65)45(76)47(13)78-48(18)46(77)35(16)66/h1H,49-77H2. The Morgan fingerprint density at radius 3 is 0.846 bits per heavy atom. The van der Waals surface area contributed by atoms with E-state index in [2.05, 4.69) is 234 Å². The lowest BCUT2D eigenvalue weighted by molar-refractivity contribution is 0.675. The van der Waals surface area contributed by atoms with Crippen molar-refractivity contribution >= 4 is 440 Å². The lowest BCUT2D eigenvalue weighted by Crippen LogP contribution is -2.55. The summed E-state index contributed by atoms with van der Waals surface area (Å²) in [6, 6.07) is 2.54. The fourth-order valence-electron chi connectivity index (χ4n) is 15.5. The van der Waals surface area contributed by atoms with Crippen LogP contribution >= 0.6 is 0 Å². The highest BCUT2D eigenvalue weighted by Gasteiger charge is 2.32. The molecule has 0 radical (unpaired) electrons. The highest BCUT2D eigenvalue weighted by molar-refractivity contribution is 6.77. The van der Waals surface area contributed by atoms with Gasteiger partial charge in [-0.1, -0.05) is 115 Å². The van der Waals surface area contributed by atoms with Crippen LogP contribution < -0.4 is 158 Å². The van der Waals surface area contributed by atoms with Crippen molar-refractivity contribution in [2.45, 2.75) is 0 Å². The largest absolute Gasteiger partial charge is 0.457 e. The van der Waals surface area contributed by atoms with Gasteiger partial charge >= 0.3 is 0 Å². The summed E-state index contributed by atoms with van der Waals surface area (Å²) < 4.78 is 7.18. The summed E-state index contributed by atoms with van der Waals surface area (Å²) in [4.78, 5) is 0. The van der Waals surface area contributed by atoms with Crippen molar-refractivity contribution in [2.24, 2.45) is 0 Å². The molecule has 0 spiro atoms. The smallest absolute Gasteiger partial charge is 0.143 e. The number of rotatable bonds is 4. The van der Waals surface area contributed by atoms with Crippen LogP contribution in [0.5, 0.6) is 0 Å². The second-order valence-corrected chi connectivity index (χ2v) is 25.1. The van der Waals surface area contributed by atoms with Gasteiger partial charge in [0.05, 0.1) is 0 Å². The van der Waals surface area contributed by atoms with E-state index in [4.69, 9.17) is 4.42 Å². The Labute approximate surface area is 491 Å². The van der Waals surface area contributed by atoms with Crippen molar-refractivity contribution in [3.05, 3.63) is 6.07 Å². The van der Waals surface area contributed by atoms with Crippen LogP contribution in [0.25, 0.3) is 98.8 Å². The maximum atomic E-state index is 7.18. The minimum absolute atomic E-state index is 1.03. The van der Waals surface area contributed by atoms with Gasteiger partial charge in [0.2, 0.25) is 0 Å². The average Bonchev–Trinajstić information content (AvgIpc) is 3.84. The van der Waals surface area contributed by atoms with Crippen molar-refractivity contribution in [2.75, 3.05) is 0 Å². The first-order chi connectivity index (χ1) is 36.4. The van der Waals surface area contributed by atoms with Crippen LogP contribution in [0.4, 0.5) is 0 Å². The first kappa shape index (κ1) is 56.7. The molecule has 0 N–H and O–H groups in total. The molecule has 1 aromatic heterocycles. The van der Waals surface area contributed by atoms with Crippen molar-refractivity contribution in [1.82, 2.24) is 0 Å². The highest BCUT2D eigenvalue weighted by atomic mass is 16.3. The van der Waals surface area contributed by atoms with Crippen LogP contribution in [0.1, 0.15) is 0 Å². The molecule has 0 aliphatic carbocycles. The van der Waals surface area contributed by atoms with E-state index in [1.807, 2.05) is 0 Å². The predicted molar refractivity (Wildman–Crippen MR) is 445 cm³/mol. The van der Waals surface area contributed by atoms with E-state index < -0.39 is 0 Å². The van der Waals surface area contributed by atoms with Crippen molar-refractivity contribution in [3.63, 3.8) is 0 Å². The van der Waals surface area contributed by atoms with E-state index in [9.17, 15) is 0 Å². The summed E-state index contributed by atoms with van der Waals surface area (Å²) in [7, 11) is 68.5. The Bertz CT molecular complexity index is 4400. The first-order valence-electron chi connectivity index (χ1n) is 29.0. The molecule has 0 saturated heterocycles. The van der Waals surface area contributed by atoms with Crippen molar-refractivity contribution in [1.29, 1.82) is 0 Å². The van der Waals surface area contributed by atoms with E-state index in [0.717, 1.165) is 11.2 Å². The summed E-state index contributed by atoms with van der Waals surface area (Å²) in [6.45, 7) is 0. The highest BCUT2D eigenvalue weighted by Crippen LogP contribution is 2.39. The molecule has 344 valence electrons. The quantitative estimate of drug-likeness (QED) is 0.127. The van der Waals surface area contributed by atoms with Crippen LogP contribution in [0.3, 0.4) is 0 Å². The molecule has 0 amide bonds. The molecule has 0 unspecified atom stereocenters. The lowest BCUT2D eigenvalue weighted by Gasteiger charge is -2.32. The fraction of sp³-hybridized carbons (Fsp3) is 0. The summed E-state index contributed by atoms with van der Waals surface area (Å²) in [6.07, 6.45) is 0. The molecule has 78 heavy (non-hydrogen) atoms. The van der Waals surface area contributed by atoms with Crippen molar-refractivity contribution < 1.29 is 4.42 Å². The molecule has 30 heteroatoms. The monoisotopic (exact) mass is 971 g/mol. The third-order valence-corrected chi connectivity index (χ3v) is 22.3. The second-order valence-electron chi connectivity index (χ2n) is 25.1. The molecule has 1 nitrogen and oxygen atoms in total. The Hall–Kier alpha value is -4.56. The van der Waals surface area contributed by atoms with Gasteiger partial charge in [-0.25, -0.2) is 0 Å². The average molecular weight is 966 g/mol. The SMILES string of the molecule is Bc1cc(-c2c(B)c(B)c(B)c(B)c2B)c(B)c(B)c1-c1c2c(B)c(B)c(B)c(B)c2c(-c2c(B)c(B)c(-c3c(B)c(B)c4oc5c(B)c(B)c6c(B)c(B)c(B)c(B)c6c5c4c3B)c(B)c2B)c2c(B)c(B)c(B)c(B)c12. The molecule has 0 atom stereocenters. The van der Waals surface area contributed by atoms with Crippen LogP contribution in [-0.4, -0.2) is 228 Å². The third kappa shape index (κ3) is 7.36. The molecule has 9 aromatic carbocycles. The zero-order valence-corrected chi connectivity index (χ0v) is 53.5. The van der Waals surface area contributed by atoms with Gasteiger partial charge in [-0.05, 0) is 76.8 Å². The Balaban J connectivity index is 1.37. The topological polar surface area (TPSA) is 13.1 Å². The molecular formula is C48H59B29O. The van der Waals surface area contributed by atoms with Crippen LogP contribution in [0.15, 0.2) is 10.5 Å². The van der Waals surface area contributed by atoms with Crippen molar-refractivity contribution in [3.8, 4) is 44.5 Å². The molecule has 0 bridgehead atoms. The number of hydrogen-bond donors (Lipinski definition) is 0. The van der Waals surface area contributed by atoms with E-state index >= 15 is 0 Å². The maximum absolute atomic E-state index is 7.18. The maximum Gasteiger partial charge on any atom is 0.143 e. The summed E-state index contributed by atoms with van der Waals surface area (Å²) in [5, 5.41) is 10.9. The van der Waals surface area contributed by atoms with Gasteiger partial charge in [0, 0.05) is 10.8 Å². The van der Waals surface area contributed by atoms with Crippen LogP contribution in [0, 0.1) is 0 Å². The number of fused-ring (bicyclic) bond motifs is 7. The Morgan fingerprint density at radius 1 is 0.167 bits per heavy atom.